The maximum Gasteiger partial charge on any atom is 0.119 e. The van der Waals surface area contributed by atoms with Gasteiger partial charge < -0.3 is 5.11 Å². The van der Waals surface area contributed by atoms with Crippen LogP contribution >= 0.6 is 0 Å². The molecule has 0 aromatic heterocycles. The average Bonchev–Trinajstić information content (AvgIpc) is 2.23. The fourth-order valence-electron chi connectivity index (χ4n) is 1.91. The molecule has 0 bridgehead atoms. The number of rotatable bonds is 1. The van der Waals surface area contributed by atoms with Crippen molar-refractivity contribution in [3.8, 4) is 5.75 Å². The summed E-state index contributed by atoms with van der Waals surface area (Å²) in [5.74, 6) is 0.411. The monoisotopic (exact) mass is 188 g/mol. The van der Waals surface area contributed by atoms with Gasteiger partial charge in [-0.2, -0.15) is 0 Å². The summed E-state index contributed by atoms with van der Waals surface area (Å²) in [4.78, 5) is 0. The molecule has 0 aliphatic heterocycles. The van der Waals surface area contributed by atoms with Gasteiger partial charge in [0.1, 0.15) is 5.75 Å². The van der Waals surface area contributed by atoms with Crippen LogP contribution in [0.2, 0.25) is 0 Å². The maximum absolute atomic E-state index is 9.60. The molecule has 0 heterocycles. The lowest BCUT2D eigenvalue weighted by molar-refractivity contribution is 0.471. The van der Waals surface area contributed by atoms with Gasteiger partial charge in [-0.15, -0.1) is 0 Å². The molecule has 1 aromatic rings. The number of hydrogen-bond acceptors (Lipinski definition) is 1. The van der Waals surface area contributed by atoms with Gasteiger partial charge in [0.25, 0.3) is 0 Å². The SMILES string of the molecule is Cc1ccc(C2=CCCCC2)cc1O. The molecule has 1 heteroatoms. The summed E-state index contributed by atoms with van der Waals surface area (Å²) in [5.41, 5.74) is 3.53. The van der Waals surface area contributed by atoms with Gasteiger partial charge >= 0.3 is 0 Å². The Labute approximate surface area is 85.1 Å². The molecule has 2 rings (SSSR count). The van der Waals surface area contributed by atoms with Gasteiger partial charge in [0.2, 0.25) is 0 Å². The van der Waals surface area contributed by atoms with E-state index in [1.807, 2.05) is 19.1 Å². The van der Waals surface area contributed by atoms with Crippen LogP contribution in [0.5, 0.6) is 5.75 Å². The Bertz CT molecular complexity index is 363. The van der Waals surface area contributed by atoms with E-state index in [0.717, 1.165) is 12.0 Å². The number of phenols is 1. The molecule has 0 spiro atoms. The second-order valence-electron chi connectivity index (χ2n) is 3.98. The molecule has 1 nitrogen and oxygen atoms in total. The molecule has 0 radical (unpaired) electrons. The van der Waals surface area contributed by atoms with Crippen LogP contribution in [0.15, 0.2) is 24.3 Å². The summed E-state index contributed by atoms with van der Waals surface area (Å²) in [7, 11) is 0. The highest BCUT2D eigenvalue weighted by molar-refractivity contribution is 5.67. The average molecular weight is 188 g/mol. The van der Waals surface area contributed by atoms with Crippen LogP contribution in [0.1, 0.15) is 36.8 Å². The highest BCUT2D eigenvalue weighted by Crippen LogP contribution is 2.29. The Balaban J connectivity index is 2.32. The Hall–Kier alpha value is -1.24. The minimum Gasteiger partial charge on any atom is -0.508 e. The molecule has 0 unspecified atom stereocenters. The van der Waals surface area contributed by atoms with Crippen molar-refractivity contribution < 1.29 is 5.11 Å². The van der Waals surface area contributed by atoms with Crippen molar-refractivity contribution in [2.24, 2.45) is 0 Å². The summed E-state index contributed by atoms with van der Waals surface area (Å²) in [6.07, 6.45) is 7.22. The quantitative estimate of drug-likeness (QED) is 0.713. The molecule has 1 aliphatic carbocycles. The van der Waals surface area contributed by atoms with E-state index in [9.17, 15) is 5.11 Å². The van der Waals surface area contributed by atoms with Gasteiger partial charge in [0, 0.05) is 0 Å². The largest absolute Gasteiger partial charge is 0.508 e. The summed E-state index contributed by atoms with van der Waals surface area (Å²) in [6.45, 7) is 1.92. The molecule has 0 saturated heterocycles. The van der Waals surface area contributed by atoms with Gasteiger partial charge in [-0.25, -0.2) is 0 Å². The molecule has 1 aromatic carbocycles. The minimum absolute atomic E-state index is 0.411. The number of hydrogen-bond donors (Lipinski definition) is 1. The molecule has 14 heavy (non-hydrogen) atoms. The lowest BCUT2D eigenvalue weighted by atomic mass is 9.93. The van der Waals surface area contributed by atoms with Gasteiger partial charge in [-0.05, 0) is 55.4 Å². The van der Waals surface area contributed by atoms with E-state index in [1.54, 1.807) is 0 Å². The first-order valence-electron chi connectivity index (χ1n) is 5.26. The molecule has 0 amide bonds. The zero-order valence-electron chi connectivity index (χ0n) is 8.59. The smallest absolute Gasteiger partial charge is 0.119 e. The minimum atomic E-state index is 0.411. The standard InChI is InChI=1S/C13H16O/c1-10-7-8-12(9-13(10)14)11-5-3-2-4-6-11/h5,7-9,14H,2-4,6H2,1H3. The van der Waals surface area contributed by atoms with Gasteiger partial charge in [0.05, 0.1) is 0 Å². The van der Waals surface area contributed by atoms with Gasteiger partial charge in [-0.1, -0.05) is 18.2 Å². The van der Waals surface area contributed by atoms with Crippen LogP contribution in [-0.4, -0.2) is 5.11 Å². The molecular weight excluding hydrogens is 172 g/mol. The van der Waals surface area contributed by atoms with Crippen LogP contribution in [0.25, 0.3) is 5.57 Å². The van der Waals surface area contributed by atoms with Crippen LogP contribution in [0, 0.1) is 6.92 Å². The molecule has 74 valence electrons. The molecule has 0 atom stereocenters. The van der Waals surface area contributed by atoms with Crippen LogP contribution in [0.3, 0.4) is 0 Å². The first-order valence-corrected chi connectivity index (χ1v) is 5.26. The second kappa shape index (κ2) is 3.87. The van der Waals surface area contributed by atoms with Crippen molar-refractivity contribution in [1.29, 1.82) is 0 Å². The van der Waals surface area contributed by atoms with Crippen LogP contribution < -0.4 is 0 Å². The van der Waals surface area contributed by atoms with Gasteiger partial charge in [0.15, 0.2) is 0 Å². The summed E-state index contributed by atoms with van der Waals surface area (Å²) in [6, 6.07) is 5.97. The topological polar surface area (TPSA) is 20.2 Å². The lowest BCUT2D eigenvalue weighted by Crippen LogP contribution is -1.91. The third-order valence-electron chi connectivity index (χ3n) is 2.87. The Kier molecular flexibility index (Phi) is 2.58. The van der Waals surface area contributed by atoms with E-state index in [1.165, 1.54) is 30.4 Å². The highest BCUT2D eigenvalue weighted by atomic mass is 16.3. The van der Waals surface area contributed by atoms with Crippen molar-refractivity contribution in [3.05, 3.63) is 35.4 Å². The van der Waals surface area contributed by atoms with Crippen molar-refractivity contribution in [3.63, 3.8) is 0 Å². The fraction of sp³-hybridized carbons (Fsp3) is 0.385. The summed E-state index contributed by atoms with van der Waals surface area (Å²) >= 11 is 0. The van der Waals surface area contributed by atoms with Crippen molar-refractivity contribution in [1.82, 2.24) is 0 Å². The first-order chi connectivity index (χ1) is 6.77. The second-order valence-corrected chi connectivity index (χ2v) is 3.98. The zero-order valence-corrected chi connectivity index (χ0v) is 8.59. The van der Waals surface area contributed by atoms with Crippen molar-refractivity contribution in [2.75, 3.05) is 0 Å². The third-order valence-corrected chi connectivity index (χ3v) is 2.87. The van der Waals surface area contributed by atoms with Crippen LogP contribution in [0.4, 0.5) is 0 Å². The predicted octanol–water partition coefficient (Wildman–Crippen LogP) is 3.66. The number of allylic oxidation sites excluding steroid dienone is 2. The summed E-state index contributed by atoms with van der Waals surface area (Å²) in [5, 5.41) is 9.60. The zero-order chi connectivity index (χ0) is 9.97. The molecular formula is C13H16O. The predicted molar refractivity (Wildman–Crippen MR) is 59.3 cm³/mol. The van der Waals surface area contributed by atoms with Gasteiger partial charge in [-0.3, -0.25) is 0 Å². The van der Waals surface area contributed by atoms with Crippen molar-refractivity contribution in [2.45, 2.75) is 32.6 Å². The van der Waals surface area contributed by atoms with Crippen LogP contribution in [-0.2, 0) is 0 Å². The molecule has 0 fully saturated rings. The van der Waals surface area contributed by atoms with E-state index in [-0.39, 0.29) is 0 Å². The van der Waals surface area contributed by atoms with E-state index in [4.69, 9.17) is 0 Å². The normalized spacial score (nSPS) is 16.5. The third kappa shape index (κ3) is 1.82. The Morgan fingerprint density at radius 1 is 1.21 bits per heavy atom. The van der Waals surface area contributed by atoms with E-state index >= 15 is 0 Å². The summed E-state index contributed by atoms with van der Waals surface area (Å²) < 4.78 is 0. The molecule has 0 saturated carbocycles. The maximum atomic E-state index is 9.60. The molecule has 1 N–H and O–H groups in total. The number of phenolic OH excluding ortho intramolecular Hbond substituents is 1. The number of aromatic hydroxyl groups is 1. The highest BCUT2D eigenvalue weighted by Gasteiger charge is 2.07. The van der Waals surface area contributed by atoms with E-state index in [0.29, 0.717) is 5.75 Å². The van der Waals surface area contributed by atoms with Crippen molar-refractivity contribution >= 4 is 5.57 Å². The lowest BCUT2D eigenvalue weighted by Gasteiger charge is -2.13. The number of benzene rings is 1. The Morgan fingerprint density at radius 3 is 2.71 bits per heavy atom. The number of aryl methyl sites for hydroxylation is 1. The van der Waals surface area contributed by atoms with E-state index in [2.05, 4.69) is 12.1 Å². The fourth-order valence-corrected chi connectivity index (χ4v) is 1.91. The van der Waals surface area contributed by atoms with E-state index < -0.39 is 0 Å². The Morgan fingerprint density at radius 2 is 2.07 bits per heavy atom. The first kappa shape index (κ1) is 9.32. The molecule has 1 aliphatic rings.